The van der Waals surface area contributed by atoms with E-state index in [-0.39, 0.29) is 28.9 Å². The van der Waals surface area contributed by atoms with Crippen molar-refractivity contribution >= 4 is 23.5 Å². The minimum atomic E-state index is -1.12. The zero-order valence-electron chi connectivity index (χ0n) is 20.8. The molecule has 0 saturated heterocycles. The molecule has 0 fully saturated rings. The molecule has 190 valence electrons. The highest BCUT2D eigenvalue weighted by Gasteiger charge is 2.29. The molecule has 0 aromatic heterocycles. The Bertz CT molecular complexity index is 1550. The fourth-order valence-electron chi connectivity index (χ4n) is 5.12. The van der Waals surface area contributed by atoms with Crippen molar-refractivity contribution in [2.45, 2.75) is 18.4 Å². The fraction of sp³-hybridized carbons (Fsp3) is 0.129. The number of nitrogen functional groups attached to an aromatic ring is 1. The van der Waals surface area contributed by atoms with Crippen molar-refractivity contribution in [1.29, 1.82) is 5.41 Å². The summed E-state index contributed by atoms with van der Waals surface area (Å²) in [6.45, 7) is 0. The third-order valence-corrected chi connectivity index (χ3v) is 7.01. The number of carboxylic acids is 1. The number of carbonyl (C=O) groups is 2. The number of benzene rings is 4. The number of nitrogens with one attached hydrogen (secondary N) is 2. The zero-order chi connectivity index (χ0) is 26.8. The van der Waals surface area contributed by atoms with Crippen LogP contribution < -0.4 is 11.1 Å². The molecule has 1 aliphatic heterocycles. The zero-order valence-corrected chi connectivity index (χ0v) is 20.8. The second kappa shape index (κ2) is 10.2. The van der Waals surface area contributed by atoms with Crippen LogP contribution >= 0.6 is 0 Å². The molecule has 0 radical (unpaired) electrons. The van der Waals surface area contributed by atoms with Crippen LogP contribution in [0.3, 0.4) is 0 Å². The summed E-state index contributed by atoms with van der Waals surface area (Å²) in [6, 6.07) is 28.4. The summed E-state index contributed by atoms with van der Waals surface area (Å²) in [5.74, 6) is -1.60. The first-order valence-corrected chi connectivity index (χ1v) is 12.2. The third kappa shape index (κ3) is 4.74. The molecule has 38 heavy (non-hydrogen) atoms. The fourth-order valence-corrected chi connectivity index (χ4v) is 5.12. The van der Waals surface area contributed by atoms with E-state index >= 15 is 0 Å². The molecule has 5 N–H and O–H groups in total. The standard InChI is InChI=1S/C31H27N3O4/c1-38-31(37)22-10-12-23(26(16-22)30(35)36)19-8-5-9-20(14-19)28-17-24(18-6-3-2-4-7-18)25-15-21(29(32)33)11-13-27(25)34-28/h2-16,24,28,34H,17H2,1H3,(H3,32,33)(H,35,36). The molecular weight excluding hydrogens is 478 g/mol. The maximum Gasteiger partial charge on any atom is 0.337 e. The van der Waals surface area contributed by atoms with Gasteiger partial charge in [0.15, 0.2) is 0 Å². The van der Waals surface area contributed by atoms with Gasteiger partial charge in [0.05, 0.1) is 24.3 Å². The topological polar surface area (TPSA) is 126 Å². The van der Waals surface area contributed by atoms with Crippen LogP contribution in [0.2, 0.25) is 0 Å². The molecule has 4 aromatic rings. The van der Waals surface area contributed by atoms with E-state index in [0.29, 0.717) is 11.1 Å². The summed E-state index contributed by atoms with van der Waals surface area (Å²) in [4.78, 5) is 24.0. The van der Waals surface area contributed by atoms with Crippen LogP contribution in [0, 0.1) is 5.41 Å². The van der Waals surface area contributed by atoms with E-state index in [1.807, 2.05) is 60.7 Å². The predicted molar refractivity (Wildman–Crippen MR) is 147 cm³/mol. The monoisotopic (exact) mass is 505 g/mol. The van der Waals surface area contributed by atoms with Crippen molar-refractivity contribution in [1.82, 2.24) is 0 Å². The highest BCUT2D eigenvalue weighted by Crippen LogP contribution is 2.44. The molecular formula is C31H27N3O4. The molecule has 0 amide bonds. The van der Waals surface area contributed by atoms with Crippen LogP contribution in [0.25, 0.3) is 11.1 Å². The van der Waals surface area contributed by atoms with Crippen molar-refractivity contribution in [2.24, 2.45) is 5.73 Å². The predicted octanol–water partition coefficient (Wildman–Crippen LogP) is 5.81. The van der Waals surface area contributed by atoms with Crippen molar-refractivity contribution in [3.05, 3.63) is 124 Å². The van der Waals surface area contributed by atoms with Crippen LogP contribution in [0.1, 0.15) is 61.4 Å². The second-order valence-electron chi connectivity index (χ2n) is 9.29. The number of carbonyl (C=O) groups excluding carboxylic acids is 1. The molecule has 0 aliphatic carbocycles. The van der Waals surface area contributed by atoms with Gasteiger partial charge in [-0.3, -0.25) is 5.41 Å². The Morgan fingerprint density at radius 2 is 1.66 bits per heavy atom. The van der Waals surface area contributed by atoms with Crippen molar-refractivity contribution in [2.75, 3.05) is 12.4 Å². The Morgan fingerprint density at radius 3 is 2.37 bits per heavy atom. The van der Waals surface area contributed by atoms with Gasteiger partial charge in [-0.05, 0) is 70.6 Å². The molecule has 4 aromatic carbocycles. The van der Waals surface area contributed by atoms with Gasteiger partial charge < -0.3 is 20.9 Å². The van der Waals surface area contributed by atoms with Crippen molar-refractivity contribution in [3.8, 4) is 11.1 Å². The smallest absolute Gasteiger partial charge is 0.337 e. The number of esters is 1. The Morgan fingerprint density at radius 1 is 0.921 bits per heavy atom. The van der Waals surface area contributed by atoms with E-state index in [9.17, 15) is 14.7 Å². The van der Waals surface area contributed by atoms with E-state index in [0.717, 1.165) is 28.8 Å². The number of ether oxygens (including phenoxy) is 1. The number of hydrogen-bond acceptors (Lipinski definition) is 5. The number of hydrogen-bond donors (Lipinski definition) is 4. The number of anilines is 1. The Labute approximate surface area is 220 Å². The molecule has 5 rings (SSSR count). The normalized spacial score (nSPS) is 16.1. The largest absolute Gasteiger partial charge is 0.478 e. The molecule has 7 nitrogen and oxygen atoms in total. The van der Waals surface area contributed by atoms with Crippen LogP contribution in [0.5, 0.6) is 0 Å². The maximum atomic E-state index is 12.1. The van der Waals surface area contributed by atoms with Gasteiger partial charge in [0.25, 0.3) is 0 Å². The van der Waals surface area contributed by atoms with Crippen LogP contribution in [0.15, 0.2) is 91.0 Å². The SMILES string of the molecule is COC(=O)c1ccc(-c2cccc(C3CC(c4ccccc4)c4cc(C(=N)N)ccc4N3)c2)c(C(=O)O)c1. The molecule has 2 atom stereocenters. The number of amidine groups is 1. The summed E-state index contributed by atoms with van der Waals surface area (Å²) in [5.41, 5.74) is 12.2. The highest BCUT2D eigenvalue weighted by molar-refractivity contribution is 6.00. The molecule has 1 heterocycles. The minimum absolute atomic E-state index is 0.0295. The third-order valence-electron chi connectivity index (χ3n) is 7.01. The number of rotatable bonds is 6. The van der Waals surface area contributed by atoms with Gasteiger partial charge in [0, 0.05) is 17.2 Å². The van der Waals surface area contributed by atoms with Crippen LogP contribution in [-0.2, 0) is 4.74 Å². The minimum Gasteiger partial charge on any atom is -0.478 e. The van der Waals surface area contributed by atoms with E-state index in [1.54, 1.807) is 12.1 Å². The number of nitrogens with two attached hydrogens (primary N) is 1. The van der Waals surface area contributed by atoms with Crippen molar-refractivity contribution in [3.63, 3.8) is 0 Å². The lowest BCUT2D eigenvalue weighted by atomic mass is 9.79. The number of carboxylic acid groups (broad SMARTS) is 1. The summed E-state index contributed by atoms with van der Waals surface area (Å²) < 4.78 is 4.75. The Hall–Kier alpha value is -4.91. The molecule has 7 heteroatoms. The lowest BCUT2D eigenvalue weighted by Crippen LogP contribution is -2.23. The Kier molecular flexibility index (Phi) is 6.66. The summed E-state index contributed by atoms with van der Waals surface area (Å²) in [6.07, 6.45) is 0.759. The van der Waals surface area contributed by atoms with Gasteiger partial charge in [-0.2, -0.15) is 0 Å². The lowest BCUT2D eigenvalue weighted by molar-refractivity contribution is 0.0600. The first-order chi connectivity index (χ1) is 18.4. The molecule has 0 bridgehead atoms. The van der Waals surface area contributed by atoms with Gasteiger partial charge in [-0.1, -0.05) is 54.6 Å². The van der Waals surface area contributed by atoms with E-state index in [2.05, 4.69) is 17.4 Å². The van der Waals surface area contributed by atoms with Gasteiger partial charge in [0.1, 0.15) is 5.84 Å². The molecule has 1 aliphatic rings. The van der Waals surface area contributed by atoms with Crippen LogP contribution in [0.4, 0.5) is 5.69 Å². The van der Waals surface area contributed by atoms with Gasteiger partial charge in [0.2, 0.25) is 0 Å². The highest BCUT2D eigenvalue weighted by atomic mass is 16.5. The summed E-state index contributed by atoms with van der Waals surface area (Å²) >= 11 is 0. The van der Waals surface area contributed by atoms with E-state index in [4.69, 9.17) is 15.9 Å². The number of methoxy groups -OCH3 is 1. The summed E-state index contributed by atoms with van der Waals surface area (Å²) in [7, 11) is 1.26. The van der Waals surface area contributed by atoms with Crippen LogP contribution in [-0.4, -0.2) is 30.0 Å². The first-order valence-electron chi connectivity index (χ1n) is 12.2. The van der Waals surface area contributed by atoms with Crippen molar-refractivity contribution < 1.29 is 19.4 Å². The van der Waals surface area contributed by atoms with Gasteiger partial charge in [-0.15, -0.1) is 0 Å². The maximum absolute atomic E-state index is 12.1. The molecule has 2 unspecified atom stereocenters. The van der Waals surface area contributed by atoms with E-state index in [1.165, 1.54) is 18.7 Å². The number of fused-ring (bicyclic) bond motifs is 1. The average molecular weight is 506 g/mol. The van der Waals surface area contributed by atoms with Gasteiger partial charge >= 0.3 is 11.9 Å². The lowest BCUT2D eigenvalue weighted by Gasteiger charge is -2.34. The number of aromatic carboxylic acids is 1. The van der Waals surface area contributed by atoms with E-state index < -0.39 is 11.9 Å². The van der Waals surface area contributed by atoms with Gasteiger partial charge in [-0.25, -0.2) is 9.59 Å². The Balaban J connectivity index is 1.55. The first kappa shape index (κ1) is 24.8. The summed E-state index contributed by atoms with van der Waals surface area (Å²) in [5, 5.41) is 21.4. The quantitative estimate of drug-likeness (QED) is 0.149. The molecule has 0 saturated carbocycles. The average Bonchev–Trinajstić information content (AvgIpc) is 2.96. The molecule has 0 spiro atoms. The second-order valence-corrected chi connectivity index (χ2v) is 9.29.